The summed E-state index contributed by atoms with van der Waals surface area (Å²) >= 11 is 0. The first-order valence-electron chi connectivity index (χ1n) is 9.49. The van der Waals surface area contributed by atoms with Gasteiger partial charge in [0.15, 0.2) is 0 Å². The number of H-pyrrole nitrogens is 1. The highest BCUT2D eigenvalue weighted by Gasteiger charge is 2.37. The van der Waals surface area contributed by atoms with Crippen LogP contribution in [0.5, 0.6) is 0 Å². The van der Waals surface area contributed by atoms with Crippen LogP contribution in [0.4, 0.5) is 23.8 Å². The predicted molar refractivity (Wildman–Crippen MR) is 103 cm³/mol. The molecule has 0 unspecified atom stereocenters. The minimum absolute atomic E-state index is 0.109. The largest absolute Gasteiger partial charge is 0.444 e. The molecule has 7 nitrogen and oxygen atoms in total. The second-order valence-corrected chi connectivity index (χ2v) is 8.51. The molecule has 0 saturated carbocycles. The van der Waals surface area contributed by atoms with Gasteiger partial charge in [0.05, 0.1) is 11.8 Å². The maximum absolute atomic E-state index is 13.0. The lowest BCUT2D eigenvalue weighted by Crippen LogP contribution is -2.59. The molecule has 1 N–H and O–H groups in total. The van der Waals surface area contributed by atoms with Gasteiger partial charge in [-0.2, -0.15) is 13.2 Å². The van der Waals surface area contributed by atoms with Crippen molar-refractivity contribution < 1.29 is 22.7 Å². The number of rotatable bonds is 2. The topological polar surface area (TPSA) is 74.4 Å². The Bertz CT molecular complexity index is 890. The van der Waals surface area contributed by atoms with Gasteiger partial charge < -0.3 is 19.5 Å². The SMILES string of the molecule is C[C@@H]1CN(c2ncnc3[nH]cc(CC(F)(F)F)c23)[C@@H](C)CN1C(=O)OC(C)(C)C. The third-order valence-electron chi connectivity index (χ3n) is 4.81. The minimum Gasteiger partial charge on any atom is -0.444 e. The van der Waals surface area contributed by atoms with Crippen molar-refractivity contribution >= 4 is 22.9 Å². The third kappa shape index (κ3) is 4.73. The maximum atomic E-state index is 13.0. The van der Waals surface area contributed by atoms with E-state index in [-0.39, 0.29) is 17.6 Å². The van der Waals surface area contributed by atoms with Crippen LogP contribution in [0.1, 0.15) is 40.2 Å². The van der Waals surface area contributed by atoms with Crippen molar-refractivity contribution in [1.29, 1.82) is 0 Å². The monoisotopic (exact) mass is 413 g/mol. The molecular formula is C19H26F3N5O2. The van der Waals surface area contributed by atoms with Crippen LogP contribution in [-0.4, -0.2) is 62.9 Å². The van der Waals surface area contributed by atoms with Crippen LogP contribution in [0.15, 0.2) is 12.5 Å². The summed E-state index contributed by atoms with van der Waals surface area (Å²) in [5.41, 5.74) is -0.130. The van der Waals surface area contributed by atoms with Crippen molar-refractivity contribution in [3.8, 4) is 0 Å². The van der Waals surface area contributed by atoms with Crippen molar-refractivity contribution in [3.63, 3.8) is 0 Å². The van der Waals surface area contributed by atoms with Gasteiger partial charge in [-0.05, 0) is 40.2 Å². The number of nitrogens with one attached hydrogen (secondary N) is 1. The number of piperazine rings is 1. The molecule has 3 rings (SSSR count). The van der Waals surface area contributed by atoms with E-state index in [4.69, 9.17) is 4.74 Å². The average molecular weight is 413 g/mol. The zero-order chi connectivity index (χ0) is 21.6. The van der Waals surface area contributed by atoms with E-state index in [1.165, 1.54) is 12.5 Å². The van der Waals surface area contributed by atoms with Gasteiger partial charge in [0.25, 0.3) is 0 Å². The lowest BCUT2D eigenvalue weighted by molar-refractivity contribution is -0.127. The van der Waals surface area contributed by atoms with E-state index in [2.05, 4.69) is 15.0 Å². The number of alkyl halides is 3. The summed E-state index contributed by atoms with van der Waals surface area (Å²) in [5.74, 6) is 0.443. The zero-order valence-corrected chi connectivity index (χ0v) is 17.2. The number of ether oxygens (including phenoxy) is 1. The molecule has 1 fully saturated rings. The summed E-state index contributed by atoms with van der Waals surface area (Å²) in [7, 11) is 0. The molecule has 160 valence electrons. The minimum atomic E-state index is -4.34. The molecule has 3 heterocycles. The molecule has 2 aromatic rings. The average Bonchev–Trinajstić information content (AvgIpc) is 2.96. The molecular weight excluding hydrogens is 387 g/mol. The van der Waals surface area contributed by atoms with E-state index >= 15 is 0 Å². The van der Waals surface area contributed by atoms with Crippen LogP contribution in [0.25, 0.3) is 11.0 Å². The summed E-state index contributed by atoms with van der Waals surface area (Å²) < 4.78 is 44.5. The Kier molecular flexibility index (Phi) is 5.40. The molecule has 10 heteroatoms. The van der Waals surface area contributed by atoms with Gasteiger partial charge in [-0.1, -0.05) is 0 Å². The highest BCUT2D eigenvalue weighted by atomic mass is 19.4. The van der Waals surface area contributed by atoms with Crippen LogP contribution in [0, 0.1) is 0 Å². The lowest BCUT2D eigenvalue weighted by atomic mass is 10.1. The Morgan fingerprint density at radius 3 is 2.52 bits per heavy atom. The third-order valence-corrected chi connectivity index (χ3v) is 4.81. The Hall–Kier alpha value is -2.52. The number of aromatic amines is 1. The molecule has 2 aromatic heterocycles. The maximum Gasteiger partial charge on any atom is 0.410 e. The fourth-order valence-electron chi connectivity index (χ4n) is 3.58. The molecule has 29 heavy (non-hydrogen) atoms. The van der Waals surface area contributed by atoms with Gasteiger partial charge in [0.2, 0.25) is 0 Å². The summed E-state index contributed by atoms with van der Waals surface area (Å²) in [6, 6.07) is -0.360. The Labute approximate surface area is 167 Å². The second kappa shape index (κ2) is 7.38. The predicted octanol–water partition coefficient (Wildman–Crippen LogP) is 3.90. The number of carbonyl (C=O) groups is 1. The Balaban J connectivity index is 1.89. The van der Waals surface area contributed by atoms with Gasteiger partial charge in [-0.3, -0.25) is 0 Å². The van der Waals surface area contributed by atoms with E-state index in [1.54, 1.807) is 25.7 Å². The number of fused-ring (bicyclic) bond motifs is 1. The number of halogens is 3. The number of carbonyl (C=O) groups excluding carboxylic acids is 1. The molecule has 0 aliphatic carbocycles. The number of anilines is 1. The first-order valence-corrected chi connectivity index (χ1v) is 9.49. The van der Waals surface area contributed by atoms with Crippen LogP contribution in [-0.2, 0) is 11.2 Å². The first-order chi connectivity index (χ1) is 13.4. The number of hydrogen-bond acceptors (Lipinski definition) is 5. The molecule has 0 radical (unpaired) electrons. The van der Waals surface area contributed by atoms with Crippen molar-refractivity contribution in [1.82, 2.24) is 19.9 Å². The van der Waals surface area contributed by atoms with Crippen molar-refractivity contribution in [2.75, 3.05) is 18.0 Å². The summed E-state index contributed by atoms with van der Waals surface area (Å²) in [5, 5.41) is 0.370. The quantitative estimate of drug-likeness (QED) is 0.808. The summed E-state index contributed by atoms with van der Waals surface area (Å²) in [6.45, 7) is 10.0. The van der Waals surface area contributed by atoms with E-state index in [1.807, 2.05) is 18.7 Å². The molecule has 0 spiro atoms. The van der Waals surface area contributed by atoms with E-state index in [0.29, 0.717) is 29.9 Å². The smallest absolute Gasteiger partial charge is 0.410 e. The molecule has 0 bridgehead atoms. The highest BCUT2D eigenvalue weighted by molar-refractivity contribution is 5.91. The molecule has 1 aliphatic heterocycles. The fourth-order valence-corrected chi connectivity index (χ4v) is 3.58. The summed E-state index contributed by atoms with van der Waals surface area (Å²) in [4.78, 5) is 27.3. The number of nitrogens with zero attached hydrogens (tertiary/aromatic N) is 4. The zero-order valence-electron chi connectivity index (χ0n) is 17.2. The first kappa shape index (κ1) is 21.2. The fraction of sp³-hybridized carbons (Fsp3) is 0.632. The van der Waals surface area contributed by atoms with Gasteiger partial charge in [0.1, 0.15) is 23.4 Å². The number of amides is 1. The van der Waals surface area contributed by atoms with Gasteiger partial charge in [-0.15, -0.1) is 0 Å². The molecule has 1 aliphatic rings. The summed E-state index contributed by atoms with van der Waals surface area (Å²) in [6.07, 6.45) is -3.13. The van der Waals surface area contributed by atoms with Gasteiger partial charge in [0, 0.05) is 31.4 Å². The number of hydrogen-bond donors (Lipinski definition) is 1. The Morgan fingerprint density at radius 1 is 1.21 bits per heavy atom. The number of aromatic nitrogens is 3. The van der Waals surface area contributed by atoms with Gasteiger partial charge >= 0.3 is 12.3 Å². The Morgan fingerprint density at radius 2 is 1.90 bits per heavy atom. The van der Waals surface area contributed by atoms with E-state index in [0.717, 1.165) is 0 Å². The lowest BCUT2D eigenvalue weighted by Gasteiger charge is -2.44. The van der Waals surface area contributed by atoms with Gasteiger partial charge in [-0.25, -0.2) is 14.8 Å². The molecule has 1 saturated heterocycles. The van der Waals surface area contributed by atoms with Crippen molar-refractivity contribution in [2.24, 2.45) is 0 Å². The normalized spacial score (nSPS) is 21.0. The van der Waals surface area contributed by atoms with Crippen LogP contribution >= 0.6 is 0 Å². The molecule has 1 amide bonds. The molecule has 0 aromatic carbocycles. The van der Waals surface area contributed by atoms with Crippen molar-refractivity contribution in [2.45, 2.75) is 64.9 Å². The highest BCUT2D eigenvalue weighted by Crippen LogP contribution is 2.33. The van der Waals surface area contributed by atoms with E-state index < -0.39 is 24.3 Å². The van der Waals surface area contributed by atoms with Crippen LogP contribution in [0.3, 0.4) is 0 Å². The second-order valence-electron chi connectivity index (χ2n) is 8.51. The molecule has 2 atom stereocenters. The van der Waals surface area contributed by atoms with Crippen LogP contribution in [0.2, 0.25) is 0 Å². The van der Waals surface area contributed by atoms with Crippen molar-refractivity contribution in [3.05, 3.63) is 18.1 Å². The van der Waals surface area contributed by atoms with E-state index in [9.17, 15) is 18.0 Å². The van der Waals surface area contributed by atoms with Crippen LogP contribution < -0.4 is 4.90 Å². The standard InChI is InChI=1S/C19H26F3N5O2/c1-11-9-27(17(28)29-18(3,4)5)12(2)8-26(11)16-14-13(6-19(20,21)22)7-23-15(14)24-10-25-16/h7,10-12H,6,8-9H2,1-5H3,(H,23,24,25)/t11-,12+/m0/s1.